The fourth-order valence-corrected chi connectivity index (χ4v) is 2.14. The third-order valence-corrected chi connectivity index (χ3v) is 3.42. The van der Waals surface area contributed by atoms with E-state index in [2.05, 4.69) is 0 Å². The van der Waals surface area contributed by atoms with Crippen molar-refractivity contribution >= 4 is 11.7 Å². The second-order valence-corrected chi connectivity index (χ2v) is 5.16. The number of ether oxygens (including phenoxy) is 1. The van der Waals surface area contributed by atoms with E-state index < -0.39 is 10.9 Å². The second kappa shape index (κ2) is 7.40. The van der Waals surface area contributed by atoms with Crippen molar-refractivity contribution in [1.29, 1.82) is 0 Å². The van der Waals surface area contributed by atoms with Crippen LogP contribution in [-0.2, 0) is 6.54 Å². The van der Waals surface area contributed by atoms with Crippen molar-refractivity contribution in [2.24, 2.45) is 0 Å². The van der Waals surface area contributed by atoms with Crippen LogP contribution in [0, 0.1) is 17.0 Å². The van der Waals surface area contributed by atoms with Gasteiger partial charge in [-0.15, -0.1) is 0 Å². The molecule has 0 saturated heterocycles. The van der Waals surface area contributed by atoms with Crippen LogP contribution in [0.5, 0.6) is 5.75 Å². The van der Waals surface area contributed by atoms with Gasteiger partial charge in [0.15, 0.2) is 0 Å². The Morgan fingerprint density at radius 3 is 2.58 bits per heavy atom. The predicted octanol–water partition coefficient (Wildman–Crippen LogP) is 2.23. The van der Waals surface area contributed by atoms with Gasteiger partial charge in [-0.2, -0.15) is 0 Å². The predicted molar refractivity (Wildman–Crippen MR) is 85.6 cm³/mol. The Balaban J connectivity index is 1.92. The van der Waals surface area contributed by atoms with Gasteiger partial charge in [0.05, 0.1) is 23.3 Å². The molecule has 0 amide bonds. The van der Waals surface area contributed by atoms with E-state index in [0.717, 1.165) is 0 Å². The van der Waals surface area contributed by atoms with E-state index in [1.54, 1.807) is 12.1 Å². The summed E-state index contributed by atoms with van der Waals surface area (Å²) in [6.07, 6.45) is 1.71. The second-order valence-electron chi connectivity index (χ2n) is 5.16. The maximum atomic E-state index is 11.8. The largest absolute Gasteiger partial charge is 0.494 e. The maximum absolute atomic E-state index is 11.8. The van der Waals surface area contributed by atoms with Gasteiger partial charge < -0.3 is 14.4 Å². The zero-order valence-corrected chi connectivity index (χ0v) is 13.0. The molecule has 2 aromatic rings. The zero-order valence-electron chi connectivity index (χ0n) is 13.0. The molecule has 0 aliphatic rings. The molecular formula is C16H16N2O6. The van der Waals surface area contributed by atoms with Crippen LogP contribution in [0.3, 0.4) is 0 Å². The van der Waals surface area contributed by atoms with Crippen LogP contribution in [0.4, 0.5) is 5.69 Å². The number of nitro groups is 1. The number of benzene rings is 1. The summed E-state index contributed by atoms with van der Waals surface area (Å²) in [5.74, 6) is -0.496. The van der Waals surface area contributed by atoms with Crippen molar-refractivity contribution in [2.75, 3.05) is 6.61 Å². The first-order chi connectivity index (χ1) is 11.4. The molecule has 0 radical (unpaired) electrons. The van der Waals surface area contributed by atoms with E-state index in [9.17, 15) is 19.7 Å². The number of hydrogen-bond acceptors (Lipinski definition) is 5. The monoisotopic (exact) mass is 332 g/mol. The van der Waals surface area contributed by atoms with Crippen molar-refractivity contribution in [1.82, 2.24) is 4.57 Å². The van der Waals surface area contributed by atoms with Crippen molar-refractivity contribution < 1.29 is 19.6 Å². The minimum Gasteiger partial charge on any atom is -0.494 e. The Hall–Kier alpha value is -3.16. The zero-order chi connectivity index (χ0) is 17.7. The maximum Gasteiger partial charge on any atom is 0.335 e. The van der Waals surface area contributed by atoms with E-state index in [-0.39, 0.29) is 23.4 Å². The van der Waals surface area contributed by atoms with Crippen molar-refractivity contribution in [3.8, 4) is 5.75 Å². The molecule has 0 spiro atoms. The van der Waals surface area contributed by atoms with Crippen molar-refractivity contribution in [3.63, 3.8) is 0 Å². The molecule has 0 aliphatic heterocycles. The molecule has 1 aromatic heterocycles. The average Bonchev–Trinajstić information content (AvgIpc) is 2.53. The minimum absolute atomic E-state index is 0.0974. The molecule has 24 heavy (non-hydrogen) atoms. The SMILES string of the molecule is Cc1cc(=O)n(CCCOc2ccc(C(=O)O)cc2)cc1[N+](=O)[O-]. The molecule has 0 atom stereocenters. The van der Waals surface area contributed by atoms with Gasteiger partial charge >= 0.3 is 5.97 Å². The third-order valence-electron chi connectivity index (χ3n) is 3.42. The highest BCUT2D eigenvalue weighted by atomic mass is 16.6. The highest BCUT2D eigenvalue weighted by molar-refractivity contribution is 5.87. The summed E-state index contributed by atoms with van der Waals surface area (Å²) in [6, 6.07) is 7.21. The number of carbonyl (C=O) groups is 1. The third kappa shape index (κ3) is 4.19. The molecule has 1 aromatic carbocycles. The number of nitrogens with zero attached hydrogens (tertiary/aromatic N) is 2. The molecule has 2 rings (SSSR count). The van der Waals surface area contributed by atoms with Gasteiger partial charge in [0.2, 0.25) is 0 Å². The Labute approximate surface area is 137 Å². The smallest absolute Gasteiger partial charge is 0.335 e. The van der Waals surface area contributed by atoms with Crippen molar-refractivity contribution in [2.45, 2.75) is 19.9 Å². The van der Waals surface area contributed by atoms with Crippen LogP contribution >= 0.6 is 0 Å². The number of aryl methyl sites for hydroxylation is 2. The lowest BCUT2D eigenvalue weighted by atomic mass is 10.2. The number of rotatable bonds is 7. The Morgan fingerprint density at radius 2 is 2.00 bits per heavy atom. The molecule has 0 bridgehead atoms. The Morgan fingerprint density at radius 1 is 1.33 bits per heavy atom. The van der Waals surface area contributed by atoms with Gasteiger partial charge in [-0.3, -0.25) is 14.9 Å². The molecule has 0 unspecified atom stereocenters. The quantitative estimate of drug-likeness (QED) is 0.473. The summed E-state index contributed by atoms with van der Waals surface area (Å²) in [5, 5.41) is 19.7. The first-order valence-corrected chi connectivity index (χ1v) is 7.20. The summed E-state index contributed by atoms with van der Waals surface area (Å²) in [6.45, 7) is 2.10. The Kier molecular flexibility index (Phi) is 5.31. The van der Waals surface area contributed by atoms with E-state index in [1.807, 2.05) is 0 Å². The normalized spacial score (nSPS) is 10.4. The fourth-order valence-electron chi connectivity index (χ4n) is 2.14. The van der Waals surface area contributed by atoms with Crippen LogP contribution < -0.4 is 10.3 Å². The number of carboxylic acid groups (broad SMARTS) is 1. The van der Waals surface area contributed by atoms with Crippen LogP contribution in [0.2, 0.25) is 0 Å². The standard InChI is InChI=1S/C16H16N2O6/c1-11-9-15(19)17(10-14(11)18(22)23)7-2-8-24-13-5-3-12(4-6-13)16(20)21/h3-6,9-10H,2,7-8H2,1H3,(H,20,21). The first kappa shape index (κ1) is 17.2. The van der Waals surface area contributed by atoms with Gasteiger partial charge in [0, 0.05) is 18.2 Å². The average molecular weight is 332 g/mol. The number of carboxylic acids is 1. The molecule has 0 fully saturated rings. The van der Waals surface area contributed by atoms with Gasteiger partial charge in [0.25, 0.3) is 11.2 Å². The lowest BCUT2D eigenvalue weighted by Crippen LogP contribution is -2.21. The van der Waals surface area contributed by atoms with Crippen LogP contribution in [-0.4, -0.2) is 27.2 Å². The number of hydrogen-bond donors (Lipinski definition) is 1. The fraction of sp³-hybridized carbons (Fsp3) is 0.250. The van der Waals surface area contributed by atoms with E-state index in [4.69, 9.17) is 9.84 Å². The van der Waals surface area contributed by atoms with Gasteiger partial charge in [0.1, 0.15) is 5.75 Å². The lowest BCUT2D eigenvalue weighted by Gasteiger charge is -2.08. The van der Waals surface area contributed by atoms with Crippen LogP contribution in [0.1, 0.15) is 22.3 Å². The molecule has 1 heterocycles. The molecule has 0 aliphatic carbocycles. The van der Waals surface area contributed by atoms with E-state index >= 15 is 0 Å². The van der Waals surface area contributed by atoms with Crippen molar-refractivity contribution in [3.05, 3.63) is 68.1 Å². The first-order valence-electron chi connectivity index (χ1n) is 7.20. The summed E-state index contributed by atoms with van der Waals surface area (Å²) in [4.78, 5) is 32.9. The van der Waals surface area contributed by atoms with Gasteiger partial charge in [-0.25, -0.2) is 4.79 Å². The van der Waals surface area contributed by atoms with E-state index in [1.165, 1.54) is 35.9 Å². The topological polar surface area (TPSA) is 112 Å². The lowest BCUT2D eigenvalue weighted by molar-refractivity contribution is -0.385. The Bertz CT molecular complexity index is 810. The highest BCUT2D eigenvalue weighted by Gasteiger charge is 2.13. The number of aromatic carboxylic acids is 1. The number of aromatic nitrogens is 1. The molecule has 8 heteroatoms. The van der Waals surface area contributed by atoms with Gasteiger partial charge in [-0.1, -0.05) is 0 Å². The van der Waals surface area contributed by atoms with Gasteiger partial charge in [-0.05, 0) is 37.6 Å². The summed E-state index contributed by atoms with van der Waals surface area (Å²) < 4.78 is 6.74. The van der Waals surface area contributed by atoms with Crippen LogP contribution in [0.15, 0.2) is 41.3 Å². The minimum atomic E-state index is -1.01. The molecule has 126 valence electrons. The molecule has 0 saturated carbocycles. The molecule has 1 N–H and O–H groups in total. The molecule has 8 nitrogen and oxygen atoms in total. The highest BCUT2D eigenvalue weighted by Crippen LogP contribution is 2.15. The van der Waals surface area contributed by atoms with Crippen LogP contribution in [0.25, 0.3) is 0 Å². The molecular weight excluding hydrogens is 316 g/mol. The van der Waals surface area contributed by atoms with E-state index in [0.29, 0.717) is 24.3 Å². The summed E-state index contributed by atoms with van der Waals surface area (Å²) in [7, 11) is 0. The summed E-state index contributed by atoms with van der Waals surface area (Å²) >= 11 is 0. The summed E-state index contributed by atoms with van der Waals surface area (Å²) in [5.41, 5.74) is 0.0978. The number of pyridine rings is 1.